The largest absolute Gasteiger partial charge is 0.393 e. The third-order valence-electron chi connectivity index (χ3n) is 2.77. The molecule has 0 fully saturated rings. The minimum Gasteiger partial charge on any atom is -0.393 e. The standard InChI is InChI=1S/C13H18ClFO2/c1-13(2,17-3)8-10(16)7-9-5-4-6-11(15)12(9)14/h4-6,10,16H,7-8H2,1-3H3. The Morgan fingerprint density at radius 1 is 1.47 bits per heavy atom. The molecule has 1 aromatic carbocycles. The quantitative estimate of drug-likeness (QED) is 0.881. The predicted octanol–water partition coefficient (Wildman–Crippen LogP) is 3.20. The van der Waals surface area contributed by atoms with Crippen molar-refractivity contribution in [3.63, 3.8) is 0 Å². The van der Waals surface area contributed by atoms with E-state index in [1.54, 1.807) is 19.2 Å². The minimum absolute atomic E-state index is 0.0850. The lowest BCUT2D eigenvalue weighted by atomic mass is 9.96. The molecular weight excluding hydrogens is 243 g/mol. The van der Waals surface area contributed by atoms with Crippen molar-refractivity contribution in [2.45, 2.75) is 38.4 Å². The maximum Gasteiger partial charge on any atom is 0.142 e. The molecule has 0 aliphatic carbocycles. The van der Waals surface area contributed by atoms with Gasteiger partial charge in [-0.15, -0.1) is 0 Å². The van der Waals surface area contributed by atoms with Crippen LogP contribution in [0.15, 0.2) is 18.2 Å². The molecule has 0 saturated heterocycles. The van der Waals surface area contributed by atoms with Gasteiger partial charge in [0.2, 0.25) is 0 Å². The van der Waals surface area contributed by atoms with Gasteiger partial charge in [-0.3, -0.25) is 0 Å². The molecule has 17 heavy (non-hydrogen) atoms. The van der Waals surface area contributed by atoms with Crippen LogP contribution in [0.1, 0.15) is 25.8 Å². The number of ether oxygens (including phenoxy) is 1. The fraction of sp³-hybridized carbons (Fsp3) is 0.538. The summed E-state index contributed by atoms with van der Waals surface area (Å²) in [6, 6.07) is 4.61. The normalized spacial score (nSPS) is 13.8. The van der Waals surface area contributed by atoms with Gasteiger partial charge in [0.15, 0.2) is 0 Å². The zero-order valence-corrected chi connectivity index (χ0v) is 11.1. The van der Waals surface area contributed by atoms with Gasteiger partial charge in [0.1, 0.15) is 5.82 Å². The van der Waals surface area contributed by atoms with Crippen LogP contribution in [0.2, 0.25) is 5.02 Å². The first kappa shape index (κ1) is 14.4. The zero-order chi connectivity index (χ0) is 13.1. The number of methoxy groups -OCH3 is 1. The molecule has 1 atom stereocenters. The lowest BCUT2D eigenvalue weighted by molar-refractivity contribution is -0.0190. The van der Waals surface area contributed by atoms with E-state index >= 15 is 0 Å². The van der Waals surface area contributed by atoms with E-state index in [9.17, 15) is 9.50 Å². The van der Waals surface area contributed by atoms with E-state index < -0.39 is 17.5 Å². The van der Waals surface area contributed by atoms with E-state index in [-0.39, 0.29) is 5.02 Å². The maximum atomic E-state index is 13.2. The molecule has 0 bridgehead atoms. The molecule has 0 spiro atoms. The van der Waals surface area contributed by atoms with E-state index in [1.165, 1.54) is 6.07 Å². The highest BCUT2D eigenvalue weighted by atomic mass is 35.5. The van der Waals surface area contributed by atoms with Crippen molar-refractivity contribution in [2.24, 2.45) is 0 Å². The maximum absolute atomic E-state index is 13.2. The van der Waals surface area contributed by atoms with Gasteiger partial charge in [-0.25, -0.2) is 4.39 Å². The van der Waals surface area contributed by atoms with Gasteiger partial charge in [-0.05, 0) is 25.5 Å². The third-order valence-corrected chi connectivity index (χ3v) is 3.19. The van der Waals surface area contributed by atoms with Crippen LogP contribution in [-0.2, 0) is 11.2 Å². The summed E-state index contributed by atoms with van der Waals surface area (Å²) in [5, 5.41) is 10.0. The van der Waals surface area contributed by atoms with Gasteiger partial charge in [0, 0.05) is 20.0 Å². The summed E-state index contributed by atoms with van der Waals surface area (Å²) in [7, 11) is 1.60. The van der Waals surface area contributed by atoms with Gasteiger partial charge in [-0.2, -0.15) is 0 Å². The first-order chi connectivity index (χ1) is 7.85. The Morgan fingerprint density at radius 2 is 2.12 bits per heavy atom. The fourth-order valence-corrected chi connectivity index (χ4v) is 1.89. The smallest absolute Gasteiger partial charge is 0.142 e. The second-order valence-corrected chi connectivity index (χ2v) is 5.12. The summed E-state index contributed by atoms with van der Waals surface area (Å²) in [6.45, 7) is 3.78. The van der Waals surface area contributed by atoms with Crippen LogP contribution >= 0.6 is 11.6 Å². The zero-order valence-electron chi connectivity index (χ0n) is 10.3. The van der Waals surface area contributed by atoms with Gasteiger partial charge in [0.05, 0.1) is 16.7 Å². The Labute approximate surface area is 106 Å². The van der Waals surface area contributed by atoms with Crippen molar-refractivity contribution in [3.8, 4) is 0 Å². The summed E-state index contributed by atoms with van der Waals surface area (Å²) in [6.07, 6.45) is 0.184. The highest BCUT2D eigenvalue weighted by molar-refractivity contribution is 6.31. The lowest BCUT2D eigenvalue weighted by Crippen LogP contribution is -2.29. The van der Waals surface area contributed by atoms with Crippen LogP contribution in [0.4, 0.5) is 4.39 Å². The molecule has 0 heterocycles. The monoisotopic (exact) mass is 260 g/mol. The van der Waals surface area contributed by atoms with Crippen LogP contribution in [0.5, 0.6) is 0 Å². The van der Waals surface area contributed by atoms with Crippen molar-refractivity contribution in [1.82, 2.24) is 0 Å². The summed E-state index contributed by atoms with van der Waals surface area (Å²) < 4.78 is 18.4. The molecule has 96 valence electrons. The molecule has 1 rings (SSSR count). The molecule has 2 nitrogen and oxygen atoms in total. The van der Waals surface area contributed by atoms with Crippen molar-refractivity contribution in [2.75, 3.05) is 7.11 Å². The highest BCUT2D eigenvalue weighted by Crippen LogP contribution is 2.24. The third kappa shape index (κ3) is 4.26. The Bertz CT molecular complexity index is 380. The SMILES string of the molecule is COC(C)(C)CC(O)Cc1cccc(F)c1Cl. The van der Waals surface area contributed by atoms with Gasteiger partial charge in [0.25, 0.3) is 0 Å². The summed E-state index contributed by atoms with van der Waals surface area (Å²) in [5.41, 5.74) is 0.213. The Balaban J connectivity index is 2.68. The molecular formula is C13H18ClFO2. The first-order valence-electron chi connectivity index (χ1n) is 5.52. The summed E-state index contributed by atoms with van der Waals surface area (Å²) in [5.74, 6) is -0.456. The van der Waals surface area contributed by atoms with Crippen molar-refractivity contribution < 1.29 is 14.2 Å². The second-order valence-electron chi connectivity index (χ2n) is 4.74. The molecule has 0 aromatic heterocycles. The topological polar surface area (TPSA) is 29.5 Å². The highest BCUT2D eigenvalue weighted by Gasteiger charge is 2.22. The van der Waals surface area contributed by atoms with Gasteiger partial charge < -0.3 is 9.84 Å². The number of aliphatic hydroxyl groups excluding tert-OH is 1. The molecule has 0 aliphatic heterocycles. The van der Waals surface area contributed by atoms with E-state index in [4.69, 9.17) is 16.3 Å². The van der Waals surface area contributed by atoms with Gasteiger partial charge in [-0.1, -0.05) is 23.7 Å². The second kappa shape index (κ2) is 5.80. The van der Waals surface area contributed by atoms with E-state index in [0.29, 0.717) is 18.4 Å². The average molecular weight is 261 g/mol. The van der Waals surface area contributed by atoms with Crippen LogP contribution in [-0.4, -0.2) is 23.9 Å². The van der Waals surface area contributed by atoms with Crippen LogP contribution in [0, 0.1) is 5.82 Å². The first-order valence-corrected chi connectivity index (χ1v) is 5.89. The Kier molecular flexibility index (Phi) is 4.92. The molecule has 1 unspecified atom stereocenters. The molecule has 1 aromatic rings. The van der Waals surface area contributed by atoms with Crippen LogP contribution < -0.4 is 0 Å². The predicted molar refractivity (Wildman–Crippen MR) is 66.8 cm³/mol. The number of benzene rings is 1. The molecule has 0 saturated carbocycles. The Hall–Kier alpha value is -0.640. The Morgan fingerprint density at radius 3 is 2.71 bits per heavy atom. The minimum atomic E-state index is -0.607. The number of hydrogen-bond donors (Lipinski definition) is 1. The summed E-state index contributed by atoms with van der Waals surface area (Å²) in [4.78, 5) is 0. The molecule has 0 aliphatic rings. The molecule has 0 amide bonds. The van der Waals surface area contributed by atoms with Crippen molar-refractivity contribution in [3.05, 3.63) is 34.6 Å². The number of aliphatic hydroxyl groups is 1. The van der Waals surface area contributed by atoms with Crippen LogP contribution in [0.25, 0.3) is 0 Å². The van der Waals surface area contributed by atoms with E-state index in [1.807, 2.05) is 13.8 Å². The van der Waals surface area contributed by atoms with Crippen molar-refractivity contribution in [1.29, 1.82) is 0 Å². The summed E-state index contributed by atoms with van der Waals surface area (Å²) >= 11 is 5.83. The molecule has 0 radical (unpaired) electrons. The lowest BCUT2D eigenvalue weighted by Gasteiger charge is -2.26. The van der Waals surface area contributed by atoms with Gasteiger partial charge >= 0.3 is 0 Å². The van der Waals surface area contributed by atoms with E-state index in [0.717, 1.165) is 0 Å². The average Bonchev–Trinajstić information content (AvgIpc) is 2.24. The number of hydrogen-bond acceptors (Lipinski definition) is 2. The van der Waals surface area contributed by atoms with Crippen LogP contribution in [0.3, 0.4) is 0 Å². The fourth-order valence-electron chi connectivity index (χ4n) is 1.68. The molecule has 1 N–H and O–H groups in total. The van der Waals surface area contributed by atoms with E-state index in [2.05, 4.69) is 0 Å². The molecule has 4 heteroatoms. The number of halogens is 2. The van der Waals surface area contributed by atoms with Crippen molar-refractivity contribution >= 4 is 11.6 Å². The number of rotatable bonds is 5.